The predicted molar refractivity (Wildman–Crippen MR) is 123 cm³/mol. The molecule has 0 spiro atoms. The zero-order valence-corrected chi connectivity index (χ0v) is 18.4. The van der Waals surface area contributed by atoms with Gasteiger partial charge in [0.05, 0.1) is 18.3 Å². The zero-order valence-electron chi connectivity index (χ0n) is 18.4. The van der Waals surface area contributed by atoms with Crippen LogP contribution in [0.5, 0.6) is 5.75 Å². The Morgan fingerprint density at radius 2 is 1.87 bits per heavy atom. The summed E-state index contributed by atoms with van der Waals surface area (Å²) in [4.78, 5) is 25.4. The van der Waals surface area contributed by atoms with Crippen molar-refractivity contribution in [1.82, 2.24) is 14.5 Å². The highest BCUT2D eigenvalue weighted by Gasteiger charge is 2.31. The number of ether oxygens (including phenoxy) is 1. The number of rotatable bonds is 4. The van der Waals surface area contributed by atoms with Crippen molar-refractivity contribution in [3.8, 4) is 5.75 Å². The smallest absolute Gasteiger partial charge is 0.270 e. The molecule has 1 fully saturated rings. The van der Waals surface area contributed by atoms with Crippen LogP contribution in [0.25, 0.3) is 15.9 Å². The largest absolute Gasteiger partial charge is 0.497 e. The van der Waals surface area contributed by atoms with Crippen LogP contribution in [0.15, 0.2) is 47.3 Å². The number of fused-ring (bicyclic) bond motifs is 1. The lowest BCUT2D eigenvalue weighted by molar-refractivity contribution is 0.158. The van der Waals surface area contributed by atoms with Crippen LogP contribution in [0.3, 0.4) is 0 Å². The number of aryl methyl sites for hydroxylation is 1. The van der Waals surface area contributed by atoms with E-state index < -0.39 is 0 Å². The van der Waals surface area contributed by atoms with Crippen molar-refractivity contribution in [2.24, 2.45) is 7.05 Å². The van der Waals surface area contributed by atoms with E-state index in [0.29, 0.717) is 17.4 Å². The lowest BCUT2D eigenvalue weighted by atomic mass is 10.0. The van der Waals surface area contributed by atoms with Crippen LogP contribution in [-0.4, -0.2) is 46.7 Å². The minimum Gasteiger partial charge on any atom is -0.497 e. The molecule has 2 atom stereocenters. The summed E-state index contributed by atoms with van der Waals surface area (Å²) < 4.78 is 6.85. The van der Waals surface area contributed by atoms with E-state index >= 15 is 0 Å². The first kappa shape index (κ1) is 20.9. The Hall–Kier alpha value is -3.37. The second-order valence-electron chi connectivity index (χ2n) is 8.20. The Bertz CT molecular complexity index is 1200. The van der Waals surface area contributed by atoms with E-state index in [4.69, 9.17) is 11.3 Å². The van der Waals surface area contributed by atoms with Gasteiger partial charge in [0.15, 0.2) is 0 Å². The molecule has 2 aromatic heterocycles. The summed E-state index contributed by atoms with van der Waals surface area (Å²) in [5.74, 6) is 1.20. The van der Waals surface area contributed by atoms with Gasteiger partial charge in [0.2, 0.25) is 5.52 Å². The molecule has 0 aliphatic carbocycles. The van der Waals surface area contributed by atoms with Crippen molar-refractivity contribution >= 4 is 22.5 Å². The van der Waals surface area contributed by atoms with Gasteiger partial charge in [0.1, 0.15) is 5.75 Å². The highest BCUT2D eigenvalue weighted by atomic mass is 16.5. The molecule has 3 aromatic rings. The minimum atomic E-state index is -0.0691. The minimum absolute atomic E-state index is 0.0691. The van der Waals surface area contributed by atoms with Gasteiger partial charge in [0, 0.05) is 44.8 Å². The molecular weight excluding hydrogens is 390 g/mol. The van der Waals surface area contributed by atoms with Crippen LogP contribution in [0.2, 0.25) is 0 Å². The lowest BCUT2D eigenvalue weighted by Crippen LogP contribution is -2.56. The van der Waals surface area contributed by atoms with Gasteiger partial charge < -0.3 is 19.0 Å². The number of hydrogen-bond acceptors (Lipinski definition) is 5. The Labute approximate surface area is 182 Å². The summed E-state index contributed by atoms with van der Waals surface area (Å²) in [6, 6.07) is 13.8. The average Bonchev–Trinajstić information content (AvgIpc) is 2.78. The number of methoxy groups -OCH3 is 1. The quantitative estimate of drug-likeness (QED) is 0.607. The van der Waals surface area contributed by atoms with Gasteiger partial charge in [-0.15, -0.1) is 4.98 Å². The number of piperazine rings is 1. The molecule has 0 amide bonds. The molecule has 0 radical (unpaired) electrons. The van der Waals surface area contributed by atoms with Gasteiger partial charge in [-0.3, -0.25) is 9.69 Å². The van der Waals surface area contributed by atoms with Gasteiger partial charge >= 0.3 is 0 Å². The fraction of sp³-hybridized carbons (Fsp3) is 0.375. The van der Waals surface area contributed by atoms with E-state index in [1.165, 1.54) is 5.56 Å². The first-order valence-corrected chi connectivity index (χ1v) is 10.4. The molecule has 1 aliphatic rings. The Morgan fingerprint density at radius 1 is 1.13 bits per heavy atom. The van der Waals surface area contributed by atoms with Crippen molar-refractivity contribution in [3.63, 3.8) is 0 Å². The number of hydrogen-bond donors (Lipinski definition) is 0. The highest BCUT2D eigenvalue weighted by molar-refractivity contribution is 5.89. The van der Waals surface area contributed by atoms with Gasteiger partial charge in [-0.2, -0.15) is 0 Å². The molecule has 160 valence electrons. The topological polar surface area (TPSA) is 55.0 Å². The first-order valence-electron chi connectivity index (χ1n) is 10.4. The SMILES string of the molecule is [C-]#[N+]c1ccc2c(n1)c(N1C[C@@H](C)N(Cc3ccc(OC)cc3)C[C@@H]1C)cc(=O)n2C. The van der Waals surface area contributed by atoms with E-state index in [2.05, 4.69) is 45.6 Å². The molecule has 1 saturated heterocycles. The third-order valence-corrected chi connectivity index (χ3v) is 6.14. The number of benzene rings is 1. The first-order chi connectivity index (χ1) is 14.9. The summed E-state index contributed by atoms with van der Waals surface area (Å²) in [7, 11) is 3.42. The van der Waals surface area contributed by atoms with Crippen molar-refractivity contribution in [3.05, 3.63) is 69.8 Å². The summed E-state index contributed by atoms with van der Waals surface area (Å²) in [6.45, 7) is 14.2. The molecule has 7 heteroatoms. The van der Waals surface area contributed by atoms with E-state index in [0.717, 1.165) is 36.6 Å². The number of pyridine rings is 2. The monoisotopic (exact) mass is 417 g/mol. The highest BCUT2D eigenvalue weighted by Crippen LogP contribution is 2.30. The zero-order chi connectivity index (χ0) is 22.1. The average molecular weight is 418 g/mol. The molecule has 31 heavy (non-hydrogen) atoms. The van der Waals surface area contributed by atoms with E-state index in [1.807, 2.05) is 18.2 Å². The van der Waals surface area contributed by atoms with E-state index in [-0.39, 0.29) is 11.6 Å². The van der Waals surface area contributed by atoms with Crippen molar-refractivity contribution in [2.75, 3.05) is 25.1 Å². The molecule has 3 heterocycles. The second-order valence-corrected chi connectivity index (χ2v) is 8.20. The molecule has 0 N–H and O–H groups in total. The summed E-state index contributed by atoms with van der Waals surface area (Å²) in [5.41, 5.74) is 3.44. The third-order valence-electron chi connectivity index (χ3n) is 6.14. The van der Waals surface area contributed by atoms with Crippen LogP contribution in [-0.2, 0) is 13.6 Å². The van der Waals surface area contributed by atoms with E-state index in [9.17, 15) is 4.79 Å². The Kier molecular flexibility index (Phi) is 5.66. The van der Waals surface area contributed by atoms with Gasteiger partial charge in [-0.05, 0) is 43.7 Å². The van der Waals surface area contributed by atoms with Crippen molar-refractivity contribution in [1.29, 1.82) is 0 Å². The van der Waals surface area contributed by atoms with Crippen molar-refractivity contribution < 1.29 is 4.74 Å². The fourth-order valence-electron chi connectivity index (χ4n) is 4.30. The maximum atomic E-state index is 12.6. The Balaban J connectivity index is 1.63. The van der Waals surface area contributed by atoms with Crippen LogP contribution >= 0.6 is 0 Å². The fourth-order valence-corrected chi connectivity index (χ4v) is 4.30. The lowest BCUT2D eigenvalue weighted by Gasteiger charge is -2.45. The maximum absolute atomic E-state index is 12.6. The second kappa shape index (κ2) is 8.40. The van der Waals surface area contributed by atoms with Crippen LogP contribution in [0, 0.1) is 6.57 Å². The standard InChI is InChI=1S/C24H27N5O2/c1-16-14-29(17(2)13-28(16)15-18-6-8-19(31-5)9-7-18)21-12-23(30)27(4)20-10-11-22(25-3)26-24(20)21/h6-12,16-17H,13-15H2,1-2,4-5H3/t16-,17+/m1/s1. The van der Waals surface area contributed by atoms with E-state index in [1.54, 1.807) is 30.9 Å². The molecule has 0 unspecified atom stereocenters. The van der Waals surface area contributed by atoms with Gasteiger partial charge in [-0.1, -0.05) is 18.7 Å². The Morgan fingerprint density at radius 3 is 2.55 bits per heavy atom. The van der Waals surface area contributed by atoms with Gasteiger partial charge in [0.25, 0.3) is 11.4 Å². The number of anilines is 1. The molecule has 7 nitrogen and oxygen atoms in total. The third kappa shape index (κ3) is 3.99. The van der Waals surface area contributed by atoms with Crippen molar-refractivity contribution in [2.45, 2.75) is 32.5 Å². The van der Waals surface area contributed by atoms with Crippen LogP contribution in [0.4, 0.5) is 11.5 Å². The van der Waals surface area contributed by atoms with Crippen LogP contribution < -0.4 is 15.2 Å². The molecule has 4 rings (SSSR count). The van der Waals surface area contributed by atoms with Gasteiger partial charge in [-0.25, -0.2) is 0 Å². The maximum Gasteiger partial charge on any atom is 0.270 e. The molecule has 1 aromatic carbocycles. The summed E-state index contributed by atoms with van der Waals surface area (Å²) >= 11 is 0. The number of aromatic nitrogens is 2. The summed E-state index contributed by atoms with van der Waals surface area (Å²) in [6.07, 6.45) is 0. The molecule has 0 saturated carbocycles. The normalized spacial score (nSPS) is 19.4. The molecular formula is C24H27N5O2. The predicted octanol–water partition coefficient (Wildman–Crippen LogP) is 3.59. The molecule has 0 bridgehead atoms. The van der Waals surface area contributed by atoms with Crippen LogP contribution in [0.1, 0.15) is 19.4 Å². The number of nitrogens with zero attached hydrogens (tertiary/aromatic N) is 5. The summed E-state index contributed by atoms with van der Waals surface area (Å²) in [5, 5.41) is 0. The molecule has 1 aliphatic heterocycles.